The number of halogens is 1. The van der Waals surface area contributed by atoms with Crippen molar-refractivity contribution in [3.8, 4) is 11.5 Å². The van der Waals surface area contributed by atoms with Crippen molar-refractivity contribution in [3.63, 3.8) is 0 Å². The maximum atomic E-state index is 13.4. The van der Waals surface area contributed by atoms with E-state index in [1.807, 2.05) is 13.1 Å². The van der Waals surface area contributed by atoms with Crippen LogP contribution in [0.25, 0.3) is 0 Å². The number of methoxy groups -OCH3 is 2. The van der Waals surface area contributed by atoms with Crippen molar-refractivity contribution in [2.45, 2.75) is 18.4 Å². The van der Waals surface area contributed by atoms with Crippen LogP contribution >= 0.6 is 11.6 Å². The molecule has 0 radical (unpaired) electrons. The molecule has 0 bridgehead atoms. The molecule has 1 saturated heterocycles. The molecule has 4 rings (SSSR count). The van der Waals surface area contributed by atoms with Crippen molar-refractivity contribution in [2.24, 2.45) is 7.05 Å². The molecule has 2 atom stereocenters. The molecule has 2 aromatic carbocycles. The number of benzene rings is 2. The summed E-state index contributed by atoms with van der Waals surface area (Å²) in [6, 6.07) is 13.8. The van der Waals surface area contributed by atoms with Gasteiger partial charge in [0.15, 0.2) is 11.5 Å². The molecule has 1 aromatic heterocycles. The van der Waals surface area contributed by atoms with Crippen molar-refractivity contribution in [2.75, 3.05) is 27.3 Å². The van der Waals surface area contributed by atoms with Gasteiger partial charge in [-0.3, -0.25) is 14.3 Å². The summed E-state index contributed by atoms with van der Waals surface area (Å²) >= 11 is 6.23. The number of carbonyl (C=O) groups is 2. The summed E-state index contributed by atoms with van der Waals surface area (Å²) in [6.45, 7) is 0.926. The minimum Gasteiger partial charge on any atom is -0.493 e. The van der Waals surface area contributed by atoms with Crippen LogP contribution in [0.4, 0.5) is 0 Å². The molecular formula is C25H27ClN4O4. The molecule has 0 saturated carbocycles. The van der Waals surface area contributed by atoms with Crippen molar-refractivity contribution >= 4 is 23.4 Å². The second kappa shape index (κ2) is 10.2. The van der Waals surface area contributed by atoms with Crippen LogP contribution in [0.3, 0.4) is 0 Å². The monoisotopic (exact) mass is 482 g/mol. The molecule has 2 heterocycles. The molecule has 9 heteroatoms. The lowest BCUT2D eigenvalue weighted by atomic mass is 9.88. The molecule has 34 heavy (non-hydrogen) atoms. The molecule has 8 nitrogen and oxygen atoms in total. The smallest absolute Gasteiger partial charge is 0.254 e. The first kappa shape index (κ1) is 23.6. The number of aromatic nitrogens is 2. The van der Waals surface area contributed by atoms with Gasteiger partial charge in [-0.2, -0.15) is 5.10 Å². The molecule has 1 fully saturated rings. The standard InChI is InChI=1S/C25H27ClN4O4/c1-29-21(10-12-27-29)18-15-30(25(32)16-8-9-22(33-2)23(14-16)34-3)13-11-20(18)28-24(31)17-6-4-5-7-19(17)26/h4-10,12,14,18,20H,11,13,15H2,1-3H3,(H,28,31)/t18-,20-/m1/s1. The van der Waals surface area contributed by atoms with Gasteiger partial charge in [-0.05, 0) is 42.8 Å². The van der Waals surface area contributed by atoms with Gasteiger partial charge in [-0.25, -0.2) is 0 Å². The third-order valence-corrected chi connectivity index (χ3v) is 6.53. The van der Waals surface area contributed by atoms with Crippen LogP contribution in [-0.4, -0.2) is 59.8 Å². The van der Waals surface area contributed by atoms with E-state index in [4.69, 9.17) is 21.1 Å². The normalized spacial score (nSPS) is 17.8. The second-order valence-electron chi connectivity index (χ2n) is 8.16. The SMILES string of the molecule is COc1ccc(C(=O)N2CC[C@@H](NC(=O)c3ccccc3Cl)[C@H](c3ccnn3C)C2)cc1OC. The van der Waals surface area contributed by atoms with Crippen molar-refractivity contribution in [1.29, 1.82) is 0 Å². The fraction of sp³-hybridized carbons (Fsp3) is 0.320. The van der Waals surface area contributed by atoms with Gasteiger partial charge in [-0.15, -0.1) is 0 Å². The summed E-state index contributed by atoms with van der Waals surface area (Å²) in [5, 5.41) is 7.83. The molecule has 0 unspecified atom stereocenters. The fourth-order valence-electron chi connectivity index (χ4n) is 4.40. The zero-order valence-electron chi connectivity index (χ0n) is 19.3. The number of hydrogen-bond donors (Lipinski definition) is 1. The number of hydrogen-bond acceptors (Lipinski definition) is 5. The summed E-state index contributed by atoms with van der Waals surface area (Å²) in [7, 11) is 4.95. The van der Waals surface area contributed by atoms with Crippen LogP contribution < -0.4 is 14.8 Å². The summed E-state index contributed by atoms with van der Waals surface area (Å²) < 4.78 is 12.4. The molecule has 1 N–H and O–H groups in total. The number of nitrogens with zero attached hydrogens (tertiary/aromatic N) is 3. The number of nitrogens with one attached hydrogen (secondary N) is 1. The number of carbonyl (C=O) groups excluding carboxylic acids is 2. The van der Waals surface area contributed by atoms with Crippen LogP contribution in [0.5, 0.6) is 11.5 Å². The van der Waals surface area contributed by atoms with Crippen molar-refractivity contribution in [3.05, 3.63) is 76.6 Å². The highest BCUT2D eigenvalue weighted by atomic mass is 35.5. The van der Waals surface area contributed by atoms with Gasteiger partial charge >= 0.3 is 0 Å². The van der Waals surface area contributed by atoms with E-state index in [-0.39, 0.29) is 23.8 Å². The van der Waals surface area contributed by atoms with Crippen molar-refractivity contribution < 1.29 is 19.1 Å². The lowest BCUT2D eigenvalue weighted by Gasteiger charge is -2.39. The van der Waals surface area contributed by atoms with E-state index < -0.39 is 0 Å². The second-order valence-corrected chi connectivity index (χ2v) is 8.56. The van der Waals surface area contributed by atoms with E-state index in [9.17, 15) is 9.59 Å². The molecule has 2 amide bonds. The molecule has 0 spiro atoms. The minimum absolute atomic E-state index is 0.107. The van der Waals surface area contributed by atoms with Gasteiger partial charge in [0.1, 0.15) is 0 Å². The first-order valence-electron chi connectivity index (χ1n) is 11.0. The van der Waals surface area contributed by atoms with Gasteiger partial charge in [0.2, 0.25) is 0 Å². The first-order valence-corrected chi connectivity index (χ1v) is 11.3. The summed E-state index contributed by atoms with van der Waals surface area (Å²) in [5.74, 6) is 0.578. The minimum atomic E-state index is -0.234. The lowest BCUT2D eigenvalue weighted by Crippen LogP contribution is -2.51. The number of likely N-dealkylation sites (tertiary alicyclic amines) is 1. The predicted octanol–water partition coefficient (Wildman–Crippen LogP) is 3.52. The molecule has 178 valence electrons. The molecular weight excluding hydrogens is 456 g/mol. The number of aryl methyl sites for hydroxylation is 1. The van der Waals surface area contributed by atoms with E-state index in [1.54, 1.807) is 65.4 Å². The van der Waals surface area contributed by atoms with E-state index in [0.717, 1.165) is 5.69 Å². The maximum absolute atomic E-state index is 13.4. The molecule has 3 aromatic rings. The summed E-state index contributed by atoms with van der Waals surface area (Å²) in [4.78, 5) is 28.1. The Labute approximate surface area is 203 Å². The van der Waals surface area contributed by atoms with Gasteiger partial charge < -0.3 is 19.7 Å². The Morgan fingerprint density at radius 1 is 1.09 bits per heavy atom. The number of piperidine rings is 1. The lowest BCUT2D eigenvalue weighted by molar-refractivity contribution is 0.0667. The Bertz CT molecular complexity index is 1200. The Balaban J connectivity index is 1.57. The van der Waals surface area contributed by atoms with Crippen LogP contribution in [0.15, 0.2) is 54.7 Å². The van der Waals surface area contributed by atoms with Gasteiger partial charge in [0.05, 0.1) is 24.8 Å². The third kappa shape index (κ3) is 4.72. The van der Waals surface area contributed by atoms with E-state index in [2.05, 4.69) is 10.4 Å². The predicted molar refractivity (Wildman–Crippen MR) is 129 cm³/mol. The zero-order chi connectivity index (χ0) is 24.2. The highest BCUT2D eigenvalue weighted by Crippen LogP contribution is 2.31. The van der Waals surface area contributed by atoms with Crippen LogP contribution in [0.1, 0.15) is 38.7 Å². The number of amides is 2. The molecule has 1 aliphatic heterocycles. The Hall–Kier alpha value is -3.52. The van der Waals surface area contributed by atoms with Crippen LogP contribution in [0, 0.1) is 0 Å². The summed E-state index contributed by atoms with van der Waals surface area (Å²) in [5.41, 5.74) is 1.88. The Kier molecular flexibility index (Phi) is 7.07. The maximum Gasteiger partial charge on any atom is 0.254 e. The van der Waals surface area contributed by atoms with Gasteiger partial charge in [0.25, 0.3) is 11.8 Å². The van der Waals surface area contributed by atoms with Crippen molar-refractivity contribution in [1.82, 2.24) is 20.0 Å². The topological polar surface area (TPSA) is 85.7 Å². The van der Waals surface area contributed by atoms with Gasteiger partial charge in [-0.1, -0.05) is 23.7 Å². The summed E-state index contributed by atoms with van der Waals surface area (Å²) in [6.07, 6.45) is 2.31. The number of rotatable bonds is 6. The highest BCUT2D eigenvalue weighted by molar-refractivity contribution is 6.33. The number of ether oxygens (including phenoxy) is 2. The first-order chi connectivity index (χ1) is 16.4. The molecule has 1 aliphatic rings. The van der Waals surface area contributed by atoms with Gasteiger partial charge in [0, 0.05) is 49.6 Å². The average Bonchev–Trinajstić information content (AvgIpc) is 3.29. The zero-order valence-corrected chi connectivity index (χ0v) is 20.1. The van der Waals surface area contributed by atoms with E-state index in [0.29, 0.717) is 47.2 Å². The van der Waals surface area contributed by atoms with Crippen LogP contribution in [0.2, 0.25) is 5.02 Å². The Morgan fingerprint density at radius 2 is 1.85 bits per heavy atom. The average molecular weight is 483 g/mol. The third-order valence-electron chi connectivity index (χ3n) is 6.20. The Morgan fingerprint density at radius 3 is 2.53 bits per heavy atom. The van der Waals surface area contributed by atoms with E-state index >= 15 is 0 Å². The largest absolute Gasteiger partial charge is 0.493 e. The van der Waals surface area contributed by atoms with E-state index in [1.165, 1.54) is 7.11 Å². The molecule has 0 aliphatic carbocycles. The highest BCUT2D eigenvalue weighted by Gasteiger charge is 2.35. The van der Waals surface area contributed by atoms with Crippen LogP contribution in [-0.2, 0) is 7.05 Å². The fourth-order valence-corrected chi connectivity index (χ4v) is 4.62. The quantitative estimate of drug-likeness (QED) is 0.581.